The minimum Gasteiger partial charge on any atom is -0.381 e. The smallest absolute Gasteiger partial charge is 0.177 e. The molecule has 0 bridgehead atoms. The van der Waals surface area contributed by atoms with Crippen LogP contribution in [0.2, 0.25) is 0 Å². The molecule has 0 radical (unpaired) electrons. The Bertz CT molecular complexity index is 711. The molecule has 2 aromatic rings. The van der Waals surface area contributed by atoms with E-state index in [1.165, 1.54) is 31.5 Å². The second kappa shape index (κ2) is 6.08. The van der Waals surface area contributed by atoms with E-state index in [0.29, 0.717) is 11.8 Å². The largest absolute Gasteiger partial charge is 0.381 e. The summed E-state index contributed by atoms with van der Waals surface area (Å²) in [4.78, 5) is 2.60. The zero-order valence-corrected chi connectivity index (χ0v) is 14.1. The summed E-state index contributed by atoms with van der Waals surface area (Å²) in [5, 5.41) is 13.7. The van der Waals surface area contributed by atoms with Crippen LogP contribution in [0, 0.1) is 5.92 Å². The average Bonchev–Trinajstić information content (AvgIpc) is 3.18. The Morgan fingerprint density at radius 3 is 2.62 bits per heavy atom. The van der Waals surface area contributed by atoms with Crippen molar-refractivity contribution >= 4 is 5.65 Å². The molecule has 2 saturated heterocycles. The summed E-state index contributed by atoms with van der Waals surface area (Å²) in [6.45, 7) is 5.39. The number of piperidine rings is 1. The summed E-state index contributed by atoms with van der Waals surface area (Å²) < 4.78 is 7.52. The van der Waals surface area contributed by atoms with E-state index >= 15 is 0 Å². The zero-order chi connectivity index (χ0) is 15.9. The summed E-state index contributed by atoms with van der Waals surface area (Å²) in [5.41, 5.74) is 2.10. The maximum atomic E-state index is 5.51. The van der Waals surface area contributed by atoms with Gasteiger partial charge < -0.3 is 9.64 Å². The van der Waals surface area contributed by atoms with Crippen LogP contribution in [0.4, 0.5) is 0 Å². The van der Waals surface area contributed by atoms with E-state index in [0.717, 1.165) is 56.5 Å². The van der Waals surface area contributed by atoms with Crippen LogP contribution in [0.3, 0.4) is 0 Å². The predicted octanol–water partition coefficient (Wildman–Crippen LogP) is 2.22. The molecule has 6 heteroatoms. The van der Waals surface area contributed by atoms with E-state index in [9.17, 15) is 0 Å². The highest BCUT2D eigenvalue weighted by Crippen LogP contribution is 2.39. The van der Waals surface area contributed by atoms with Crippen LogP contribution in [-0.2, 0) is 4.74 Å². The standard InChI is InChI=1S/C18H25N5O/c1-2-14(1)16-3-4-17-19-20-18(23(17)21-16)15-5-8-22(9-6-15)11-13-7-10-24-12-13/h3-4,13-15H,1-2,5-12H2. The Balaban J connectivity index is 1.28. The predicted molar refractivity (Wildman–Crippen MR) is 90.1 cm³/mol. The van der Waals surface area contributed by atoms with Crippen LogP contribution in [0.25, 0.3) is 5.65 Å². The Morgan fingerprint density at radius 2 is 1.88 bits per heavy atom. The highest BCUT2D eigenvalue weighted by atomic mass is 16.5. The summed E-state index contributed by atoms with van der Waals surface area (Å²) in [6, 6.07) is 4.20. The fourth-order valence-electron chi connectivity index (χ4n) is 4.14. The summed E-state index contributed by atoms with van der Waals surface area (Å²) in [7, 11) is 0. The molecule has 2 aromatic heterocycles. The van der Waals surface area contributed by atoms with Gasteiger partial charge in [0.1, 0.15) is 0 Å². The Labute approximate surface area is 142 Å². The van der Waals surface area contributed by atoms with Crippen molar-refractivity contribution in [2.75, 3.05) is 32.8 Å². The number of ether oxygens (including phenoxy) is 1. The van der Waals surface area contributed by atoms with Gasteiger partial charge in [-0.15, -0.1) is 10.2 Å². The number of hydrogen-bond acceptors (Lipinski definition) is 5. The van der Waals surface area contributed by atoms with Gasteiger partial charge in [0.2, 0.25) is 0 Å². The minimum absolute atomic E-state index is 0.484. The molecule has 5 rings (SSSR count). The van der Waals surface area contributed by atoms with Crippen molar-refractivity contribution in [3.63, 3.8) is 0 Å². The second-order valence-electron chi connectivity index (χ2n) is 7.67. The first-order chi connectivity index (χ1) is 11.9. The Hall–Kier alpha value is -1.53. The van der Waals surface area contributed by atoms with Crippen molar-refractivity contribution < 1.29 is 4.74 Å². The van der Waals surface area contributed by atoms with Crippen LogP contribution in [0.5, 0.6) is 0 Å². The van der Waals surface area contributed by atoms with Gasteiger partial charge in [0.25, 0.3) is 0 Å². The second-order valence-corrected chi connectivity index (χ2v) is 7.67. The molecule has 3 aliphatic rings. The number of likely N-dealkylation sites (tertiary alicyclic amines) is 1. The molecule has 24 heavy (non-hydrogen) atoms. The van der Waals surface area contributed by atoms with E-state index in [4.69, 9.17) is 9.84 Å². The lowest BCUT2D eigenvalue weighted by Crippen LogP contribution is -2.37. The van der Waals surface area contributed by atoms with Gasteiger partial charge in [0, 0.05) is 25.0 Å². The summed E-state index contributed by atoms with van der Waals surface area (Å²) in [5.74, 6) is 2.95. The first-order valence-corrected chi connectivity index (χ1v) is 9.39. The van der Waals surface area contributed by atoms with Crippen LogP contribution >= 0.6 is 0 Å². The van der Waals surface area contributed by atoms with Crippen molar-refractivity contribution in [1.29, 1.82) is 0 Å². The van der Waals surface area contributed by atoms with Crippen LogP contribution in [0.1, 0.15) is 55.5 Å². The lowest BCUT2D eigenvalue weighted by molar-refractivity contribution is 0.151. The molecule has 1 atom stereocenters. The third-order valence-corrected chi connectivity index (χ3v) is 5.80. The van der Waals surface area contributed by atoms with Gasteiger partial charge in [0.15, 0.2) is 11.5 Å². The number of hydrogen-bond donors (Lipinski definition) is 0. The van der Waals surface area contributed by atoms with E-state index in [1.54, 1.807) is 0 Å². The third kappa shape index (κ3) is 2.82. The molecule has 0 aromatic carbocycles. The lowest BCUT2D eigenvalue weighted by Gasteiger charge is -2.32. The normalized spacial score (nSPS) is 26.4. The Morgan fingerprint density at radius 1 is 1.00 bits per heavy atom. The van der Waals surface area contributed by atoms with Crippen molar-refractivity contribution in [3.05, 3.63) is 23.7 Å². The first kappa shape index (κ1) is 14.8. The van der Waals surface area contributed by atoms with E-state index in [-0.39, 0.29) is 0 Å². The quantitative estimate of drug-likeness (QED) is 0.862. The Kier molecular flexibility index (Phi) is 3.74. The van der Waals surface area contributed by atoms with Gasteiger partial charge >= 0.3 is 0 Å². The van der Waals surface area contributed by atoms with E-state index < -0.39 is 0 Å². The number of aromatic nitrogens is 4. The lowest BCUT2D eigenvalue weighted by atomic mass is 9.95. The van der Waals surface area contributed by atoms with Gasteiger partial charge in [-0.05, 0) is 63.2 Å². The van der Waals surface area contributed by atoms with Crippen LogP contribution in [-0.4, -0.2) is 57.6 Å². The fraction of sp³-hybridized carbons (Fsp3) is 0.722. The molecule has 1 saturated carbocycles. The molecule has 0 amide bonds. The monoisotopic (exact) mass is 327 g/mol. The molecule has 2 aliphatic heterocycles. The molecule has 0 N–H and O–H groups in total. The molecular weight excluding hydrogens is 302 g/mol. The van der Waals surface area contributed by atoms with Crippen LogP contribution < -0.4 is 0 Å². The molecule has 128 valence electrons. The molecule has 3 fully saturated rings. The molecule has 4 heterocycles. The minimum atomic E-state index is 0.484. The highest BCUT2D eigenvalue weighted by Gasteiger charge is 2.29. The number of fused-ring (bicyclic) bond motifs is 1. The number of nitrogens with zero attached hydrogens (tertiary/aromatic N) is 5. The molecule has 1 unspecified atom stereocenters. The van der Waals surface area contributed by atoms with Gasteiger partial charge in [-0.25, -0.2) is 0 Å². The molecule has 6 nitrogen and oxygen atoms in total. The molecular formula is C18H25N5O. The average molecular weight is 327 g/mol. The summed E-state index contributed by atoms with van der Waals surface area (Å²) >= 11 is 0. The maximum absolute atomic E-state index is 5.51. The van der Waals surface area contributed by atoms with Gasteiger partial charge in [-0.3, -0.25) is 0 Å². The van der Waals surface area contributed by atoms with Gasteiger partial charge in [-0.1, -0.05) is 0 Å². The summed E-state index contributed by atoms with van der Waals surface area (Å²) in [6.07, 6.45) is 6.09. The molecule has 0 spiro atoms. The van der Waals surface area contributed by atoms with Gasteiger partial charge in [0.05, 0.1) is 12.3 Å². The van der Waals surface area contributed by atoms with Crippen molar-refractivity contribution in [2.24, 2.45) is 5.92 Å². The zero-order valence-electron chi connectivity index (χ0n) is 14.1. The topological polar surface area (TPSA) is 55.5 Å². The van der Waals surface area contributed by atoms with Crippen LogP contribution in [0.15, 0.2) is 12.1 Å². The molecule has 1 aliphatic carbocycles. The fourth-order valence-corrected chi connectivity index (χ4v) is 4.14. The van der Waals surface area contributed by atoms with E-state index in [2.05, 4.69) is 27.2 Å². The van der Waals surface area contributed by atoms with E-state index in [1.807, 2.05) is 4.52 Å². The van der Waals surface area contributed by atoms with Crippen molar-refractivity contribution in [1.82, 2.24) is 24.7 Å². The number of rotatable bonds is 4. The van der Waals surface area contributed by atoms with Crippen molar-refractivity contribution in [2.45, 2.75) is 43.9 Å². The first-order valence-electron chi connectivity index (χ1n) is 9.39. The van der Waals surface area contributed by atoms with Gasteiger partial charge in [-0.2, -0.15) is 9.61 Å². The third-order valence-electron chi connectivity index (χ3n) is 5.80. The van der Waals surface area contributed by atoms with Crippen molar-refractivity contribution in [3.8, 4) is 0 Å². The maximum Gasteiger partial charge on any atom is 0.177 e. The highest BCUT2D eigenvalue weighted by molar-refractivity contribution is 5.38. The SMILES string of the molecule is c1cc2nnc(C3CCN(CC4CCOC4)CC3)n2nc1C1CC1.